The number of guanidine groups is 1. The summed E-state index contributed by atoms with van der Waals surface area (Å²) in [6.45, 7) is 3.56. The summed E-state index contributed by atoms with van der Waals surface area (Å²) in [5.41, 5.74) is 2.23. The summed E-state index contributed by atoms with van der Waals surface area (Å²) < 4.78 is 10.7. The van der Waals surface area contributed by atoms with Crippen molar-refractivity contribution in [2.75, 3.05) is 39.8 Å². The minimum Gasteiger partial charge on any atom is -0.497 e. The number of likely N-dealkylation sites (N-methyl/N-ethyl adjacent to an activating group) is 1. The molecular weight excluding hydrogens is 467 g/mol. The second-order valence-corrected chi connectivity index (χ2v) is 6.28. The average molecular weight is 498 g/mol. The first kappa shape index (κ1) is 23.9. The van der Waals surface area contributed by atoms with E-state index in [4.69, 9.17) is 9.47 Å². The number of para-hydroxylation sites is 1. The molecule has 2 aromatic carbocycles. The smallest absolute Gasteiger partial charge is 0.191 e. The van der Waals surface area contributed by atoms with Gasteiger partial charge >= 0.3 is 0 Å². The molecule has 0 aliphatic rings. The molecule has 1 atom stereocenters. The number of methoxy groups -OCH3 is 2. The minimum atomic E-state index is 0. The van der Waals surface area contributed by atoms with E-state index in [2.05, 4.69) is 58.8 Å². The Morgan fingerprint density at radius 2 is 1.79 bits per heavy atom. The number of nitrogens with zero attached hydrogens (tertiary/aromatic N) is 2. The van der Waals surface area contributed by atoms with Crippen LogP contribution in [-0.4, -0.2) is 46.9 Å². The first-order valence-electron chi connectivity index (χ1n) is 9.02. The predicted octanol–water partition coefficient (Wildman–Crippen LogP) is 3.51. The van der Waals surface area contributed by atoms with Crippen LogP contribution in [0.15, 0.2) is 53.5 Å². The van der Waals surface area contributed by atoms with E-state index in [-0.39, 0.29) is 24.0 Å². The normalized spacial score (nSPS) is 11.8. The van der Waals surface area contributed by atoms with Crippen molar-refractivity contribution in [3.05, 3.63) is 54.1 Å². The maximum atomic E-state index is 5.45. The number of hydrogen-bond donors (Lipinski definition) is 2. The van der Waals surface area contributed by atoms with E-state index in [1.54, 1.807) is 21.3 Å². The van der Waals surface area contributed by atoms with Gasteiger partial charge in [-0.3, -0.25) is 4.99 Å². The van der Waals surface area contributed by atoms with Gasteiger partial charge in [0.15, 0.2) is 5.96 Å². The summed E-state index contributed by atoms with van der Waals surface area (Å²) in [5, 5.41) is 6.71. The molecular formula is C21H31IN4O2. The van der Waals surface area contributed by atoms with Crippen molar-refractivity contribution >= 4 is 35.6 Å². The zero-order valence-corrected chi connectivity index (χ0v) is 19.6. The van der Waals surface area contributed by atoms with E-state index in [0.717, 1.165) is 29.6 Å². The lowest BCUT2D eigenvalue weighted by Crippen LogP contribution is -2.44. The van der Waals surface area contributed by atoms with Crippen molar-refractivity contribution in [1.29, 1.82) is 0 Å². The van der Waals surface area contributed by atoms with Gasteiger partial charge in [-0.2, -0.15) is 0 Å². The van der Waals surface area contributed by atoms with Crippen LogP contribution in [0.4, 0.5) is 5.69 Å². The van der Waals surface area contributed by atoms with Gasteiger partial charge in [0.25, 0.3) is 0 Å². The zero-order valence-electron chi connectivity index (χ0n) is 17.2. The molecule has 0 saturated carbocycles. The molecule has 0 radical (unpaired) electrons. The molecule has 0 amide bonds. The summed E-state index contributed by atoms with van der Waals surface area (Å²) in [6, 6.07) is 16.4. The Bertz CT molecular complexity index is 740. The molecule has 0 aliphatic heterocycles. The third-order valence-electron chi connectivity index (χ3n) is 4.55. The van der Waals surface area contributed by atoms with Gasteiger partial charge in [0.05, 0.1) is 14.2 Å². The lowest BCUT2D eigenvalue weighted by Gasteiger charge is -2.28. The van der Waals surface area contributed by atoms with Gasteiger partial charge in [-0.15, -0.1) is 24.0 Å². The van der Waals surface area contributed by atoms with E-state index in [1.165, 1.54) is 5.69 Å². The van der Waals surface area contributed by atoms with Gasteiger partial charge in [0, 0.05) is 50.5 Å². The lowest BCUT2D eigenvalue weighted by molar-refractivity contribution is 0.390. The summed E-state index contributed by atoms with van der Waals surface area (Å²) in [5.74, 6) is 2.31. The van der Waals surface area contributed by atoms with Crippen molar-refractivity contribution in [2.45, 2.75) is 19.5 Å². The van der Waals surface area contributed by atoms with Crippen molar-refractivity contribution in [1.82, 2.24) is 10.6 Å². The fourth-order valence-corrected chi connectivity index (χ4v) is 2.70. The van der Waals surface area contributed by atoms with Gasteiger partial charge in [0.1, 0.15) is 11.5 Å². The zero-order chi connectivity index (χ0) is 19.6. The third kappa shape index (κ3) is 6.78. The summed E-state index contributed by atoms with van der Waals surface area (Å²) >= 11 is 0. The topological polar surface area (TPSA) is 58.1 Å². The second kappa shape index (κ2) is 12.3. The number of halogens is 1. The molecule has 0 spiro atoms. The highest BCUT2D eigenvalue weighted by atomic mass is 127. The Morgan fingerprint density at radius 1 is 1.07 bits per heavy atom. The van der Waals surface area contributed by atoms with E-state index in [9.17, 15) is 0 Å². The van der Waals surface area contributed by atoms with Crippen molar-refractivity contribution in [3.8, 4) is 11.5 Å². The number of rotatable bonds is 8. The van der Waals surface area contributed by atoms with Crippen LogP contribution in [0.2, 0.25) is 0 Å². The van der Waals surface area contributed by atoms with E-state index in [0.29, 0.717) is 12.6 Å². The molecule has 0 heterocycles. The molecule has 28 heavy (non-hydrogen) atoms. The predicted molar refractivity (Wildman–Crippen MR) is 127 cm³/mol. The molecule has 0 bridgehead atoms. The van der Waals surface area contributed by atoms with Crippen LogP contribution < -0.4 is 25.0 Å². The Hall–Kier alpha value is -2.16. The maximum Gasteiger partial charge on any atom is 0.191 e. The van der Waals surface area contributed by atoms with Gasteiger partial charge in [-0.05, 0) is 31.2 Å². The monoisotopic (exact) mass is 498 g/mol. The maximum absolute atomic E-state index is 5.45. The van der Waals surface area contributed by atoms with Crippen LogP contribution in [0.5, 0.6) is 11.5 Å². The van der Waals surface area contributed by atoms with Crippen LogP contribution in [0.1, 0.15) is 12.5 Å². The Morgan fingerprint density at radius 3 is 2.39 bits per heavy atom. The molecule has 1 unspecified atom stereocenters. The Labute approximate surface area is 185 Å². The number of ether oxygens (including phenoxy) is 2. The number of hydrogen-bond acceptors (Lipinski definition) is 4. The molecule has 2 rings (SSSR count). The van der Waals surface area contributed by atoms with Crippen LogP contribution in [0.3, 0.4) is 0 Å². The van der Waals surface area contributed by atoms with Gasteiger partial charge in [-0.1, -0.05) is 18.2 Å². The number of benzene rings is 2. The minimum absolute atomic E-state index is 0. The van der Waals surface area contributed by atoms with Crippen molar-refractivity contribution < 1.29 is 9.47 Å². The average Bonchev–Trinajstić information content (AvgIpc) is 2.73. The highest BCUT2D eigenvalue weighted by Gasteiger charge is 2.11. The summed E-state index contributed by atoms with van der Waals surface area (Å²) in [6.07, 6.45) is 0. The van der Waals surface area contributed by atoms with Crippen LogP contribution in [0, 0.1) is 0 Å². The quantitative estimate of drug-likeness (QED) is 0.332. The van der Waals surface area contributed by atoms with Crippen LogP contribution in [-0.2, 0) is 6.54 Å². The largest absolute Gasteiger partial charge is 0.497 e. The summed E-state index contributed by atoms with van der Waals surface area (Å²) in [4.78, 5) is 6.55. The molecule has 154 valence electrons. The Balaban J connectivity index is 0.00000392. The molecule has 2 N–H and O–H groups in total. The number of nitrogens with one attached hydrogen (secondary N) is 2. The first-order chi connectivity index (χ1) is 13.1. The fourth-order valence-electron chi connectivity index (χ4n) is 2.70. The molecule has 0 aromatic heterocycles. The highest BCUT2D eigenvalue weighted by Crippen LogP contribution is 2.24. The third-order valence-corrected chi connectivity index (χ3v) is 4.55. The van der Waals surface area contributed by atoms with Crippen molar-refractivity contribution in [2.24, 2.45) is 4.99 Å². The molecule has 0 saturated heterocycles. The first-order valence-corrected chi connectivity index (χ1v) is 9.02. The van der Waals surface area contributed by atoms with Gasteiger partial charge < -0.3 is 25.0 Å². The molecule has 7 heteroatoms. The van der Waals surface area contributed by atoms with E-state index in [1.807, 2.05) is 24.3 Å². The number of anilines is 1. The van der Waals surface area contributed by atoms with E-state index < -0.39 is 0 Å². The second-order valence-electron chi connectivity index (χ2n) is 6.28. The molecule has 0 aliphatic carbocycles. The van der Waals surface area contributed by atoms with Crippen LogP contribution >= 0.6 is 24.0 Å². The highest BCUT2D eigenvalue weighted by molar-refractivity contribution is 14.0. The molecule has 6 nitrogen and oxygen atoms in total. The standard InChI is InChI=1S/C21H30N4O2.HI/c1-16(25(3)18-9-7-6-8-10-18)14-23-21(22-2)24-15-17-11-12-19(26-4)13-20(17)27-5;/h6-13,16H,14-15H2,1-5H3,(H2,22,23,24);1H. The van der Waals surface area contributed by atoms with E-state index >= 15 is 0 Å². The molecule has 2 aromatic rings. The summed E-state index contributed by atoms with van der Waals surface area (Å²) in [7, 11) is 7.17. The van der Waals surface area contributed by atoms with Crippen molar-refractivity contribution in [3.63, 3.8) is 0 Å². The SMILES string of the molecule is CN=C(NCc1ccc(OC)cc1OC)NCC(C)N(C)c1ccccc1.I. The Kier molecular flexibility index (Phi) is 10.5. The van der Waals surface area contributed by atoms with Crippen LogP contribution in [0.25, 0.3) is 0 Å². The van der Waals surface area contributed by atoms with Gasteiger partial charge in [-0.25, -0.2) is 0 Å². The number of aliphatic imine (C=N–C) groups is 1. The van der Waals surface area contributed by atoms with Gasteiger partial charge in [0.2, 0.25) is 0 Å². The lowest BCUT2D eigenvalue weighted by atomic mass is 10.2. The fraction of sp³-hybridized carbons (Fsp3) is 0.381. The molecule has 0 fully saturated rings.